The van der Waals surface area contributed by atoms with Gasteiger partial charge in [0.2, 0.25) is 0 Å². The lowest BCUT2D eigenvalue weighted by Crippen LogP contribution is -1.78. The average Bonchev–Trinajstić information content (AvgIpc) is 2.79. The van der Waals surface area contributed by atoms with Crippen LogP contribution in [0.15, 0.2) is 41.1 Å². The van der Waals surface area contributed by atoms with Gasteiger partial charge in [-0.15, -0.1) is 0 Å². The Balaban J connectivity index is 2.40. The number of nitrogens with zero attached hydrogens (tertiary/aromatic N) is 2. The fourth-order valence-corrected chi connectivity index (χ4v) is 1.47. The van der Waals surface area contributed by atoms with E-state index in [4.69, 9.17) is 21.4 Å². The maximum absolute atomic E-state index is 8.99. The lowest BCUT2D eigenvalue weighted by atomic mass is 10.1. The number of nitriles is 1. The molecular weight excluding hydrogens is 224 g/mol. The summed E-state index contributed by atoms with van der Waals surface area (Å²) in [7, 11) is 0. The van der Waals surface area contributed by atoms with Crippen LogP contribution in [-0.4, -0.2) is 5.16 Å². The van der Waals surface area contributed by atoms with Crippen LogP contribution in [0.25, 0.3) is 11.6 Å². The van der Waals surface area contributed by atoms with E-state index in [1.807, 2.05) is 12.1 Å². The van der Waals surface area contributed by atoms with Gasteiger partial charge >= 0.3 is 0 Å². The Hall–Kier alpha value is -2.05. The van der Waals surface area contributed by atoms with E-state index in [1.54, 1.807) is 24.3 Å². The first kappa shape index (κ1) is 10.5. The molecule has 4 heteroatoms. The molecule has 3 nitrogen and oxygen atoms in total. The summed E-state index contributed by atoms with van der Waals surface area (Å²) in [6.07, 6.45) is 3.20. The minimum absolute atomic E-state index is 0.416. The Kier molecular flexibility index (Phi) is 3.04. The summed E-state index contributed by atoms with van der Waals surface area (Å²) in [4.78, 5) is 0. The van der Waals surface area contributed by atoms with Crippen molar-refractivity contribution in [3.05, 3.63) is 52.9 Å². The van der Waals surface area contributed by atoms with Crippen LogP contribution in [0.5, 0.6) is 0 Å². The topological polar surface area (TPSA) is 49.8 Å². The zero-order valence-electron chi connectivity index (χ0n) is 8.22. The van der Waals surface area contributed by atoms with E-state index < -0.39 is 0 Å². The van der Waals surface area contributed by atoms with Crippen molar-refractivity contribution in [3.63, 3.8) is 0 Å². The highest BCUT2D eigenvalue weighted by atomic mass is 35.5. The second-order valence-corrected chi connectivity index (χ2v) is 3.54. The number of aromatic nitrogens is 1. The lowest BCUT2D eigenvalue weighted by Gasteiger charge is -1.95. The normalized spacial score (nSPS) is 11.1. The van der Waals surface area contributed by atoms with Crippen molar-refractivity contribution in [2.24, 2.45) is 0 Å². The molecule has 0 amide bonds. The highest BCUT2D eigenvalue weighted by Crippen LogP contribution is 2.19. The maximum Gasteiger partial charge on any atom is 0.177 e. The predicted octanol–water partition coefficient (Wildman–Crippen LogP) is 3.39. The highest BCUT2D eigenvalue weighted by Gasteiger charge is 2.04. The number of allylic oxidation sites excluding steroid dienone is 1. The van der Waals surface area contributed by atoms with Crippen molar-refractivity contribution in [2.75, 3.05) is 0 Å². The van der Waals surface area contributed by atoms with Crippen LogP contribution in [0.1, 0.15) is 11.3 Å². The molecule has 16 heavy (non-hydrogen) atoms. The van der Waals surface area contributed by atoms with E-state index in [1.165, 1.54) is 6.20 Å². The molecule has 0 radical (unpaired) electrons. The first-order valence-electron chi connectivity index (χ1n) is 4.58. The Morgan fingerprint density at radius 3 is 2.94 bits per heavy atom. The van der Waals surface area contributed by atoms with E-state index in [0.717, 1.165) is 5.56 Å². The number of benzene rings is 1. The standard InChI is InChI=1S/C12H7ClN2O/c13-11-3-1-2-9(7-11)6-10(8-14)12-4-5-15-16-12/h1-7H. The van der Waals surface area contributed by atoms with Gasteiger partial charge in [-0.05, 0) is 23.8 Å². The predicted molar refractivity (Wildman–Crippen MR) is 61.4 cm³/mol. The van der Waals surface area contributed by atoms with Crippen LogP contribution in [0.3, 0.4) is 0 Å². The zero-order valence-corrected chi connectivity index (χ0v) is 8.98. The number of halogens is 1. The molecule has 0 aliphatic heterocycles. The van der Waals surface area contributed by atoms with Crippen LogP contribution < -0.4 is 0 Å². The molecule has 1 aromatic heterocycles. The second-order valence-electron chi connectivity index (χ2n) is 3.10. The molecule has 0 aliphatic rings. The quantitative estimate of drug-likeness (QED) is 0.743. The monoisotopic (exact) mass is 230 g/mol. The van der Waals surface area contributed by atoms with Gasteiger partial charge in [-0.1, -0.05) is 28.9 Å². The molecule has 0 bridgehead atoms. The molecule has 1 heterocycles. The molecular formula is C12H7ClN2O. The van der Waals surface area contributed by atoms with E-state index in [0.29, 0.717) is 16.4 Å². The van der Waals surface area contributed by atoms with Gasteiger partial charge in [0.05, 0.1) is 11.8 Å². The van der Waals surface area contributed by atoms with Gasteiger partial charge in [-0.2, -0.15) is 5.26 Å². The third kappa shape index (κ3) is 2.30. The van der Waals surface area contributed by atoms with Gasteiger partial charge in [-0.25, -0.2) is 0 Å². The molecule has 2 aromatic rings. The molecule has 0 aliphatic carbocycles. The Bertz CT molecular complexity index is 553. The number of rotatable bonds is 2. The summed E-state index contributed by atoms with van der Waals surface area (Å²) in [6, 6.07) is 10.9. The molecule has 0 atom stereocenters. The maximum atomic E-state index is 8.99. The van der Waals surface area contributed by atoms with Gasteiger partial charge in [0.25, 0.3) is 0 Å². The van der Waals surface area contributed by atoms with Gasteiger partial charge in [0.15, 0.2) is 5.76 Å². The SMILES string of the molecule is N#CC(=Cc1cccc(Cl)c1)c1ccno1. The summed E-state index contributed by atoms with van der Waals surface area (Å²) in [5.74, 6) is 0.447. The van der Waals surface area contributed by atoms with Crippen molar-refractivity contribution in [1.29, 1.82) is 5.26 Å². The second kappa shape index (κ2) is 4.65. The first-order chi connectivity index (χ1) is 7.79. The smallest absolute Gasteiger partial charge is 0.177 e. The summed E-state index contributed by atoms with van der Waals surface area (Å²) >= 11 is 5.85. The fraction of sp³-hybridized carbons (Fsp3) is 0. The van der Waals surface area contributed by atoms with Crippen LogP contribution >= 0.6 is 11.6 Å². The molecule has 2 rings (SSSR count). The summed E-state index contributed by atoms with van der Waals surface area (Å²) in [5.41, 5.74) is 1.26. The molecule has 0 N–H and O–H groups in total. The third-order valence-corrected chi connectivity index (χ3v) is 2.22. The van der Waals surface area contributed by atoms with Crippen LogP contribution in [0, 0.1) is 11.3 Å². The Morgan fingerprint density at radius 1 is 1.44 bits per heavy atom. The minimum atomic E-state index is 0.416. The van der Waals surface area contributed by atoms with Crippen LogP contribution in [-0.2, 0) is 0 Å². The lowest BCUT2D eigenvalue weighted by molar-refractivity contribution is 0.411. The third-order valence-electron chi connectivity index (χ3n) is 1.98. The van der Waals surface area contributed by atoms with Crippen molar-refractivity contribution in [1.82, 2.24) is 5.16 Å². The van der Waals surface area contributed by atoms with E-state index in [2.05, 4.69) is 11.2 Å². The Morgan fingerprint density at radius 2 is 2.31 bits per heavy atom. The van der Waals surface area contributed by atoms with E-state index in [-0.39, 0.29) is 0 Å². The summed E-state index contributed by atoms with van der Waals surface area (Å²) in [6.45, 7) is 0. The number of hydrogen-bond donors (Lipinski definition) is 0. The van der Waals surface area contributed by atoms with E-state index in [9.17, 15) is 0 Å². The average molecular weight is 231 g/mol. The van der Waals surface area contributed by atoms with Crippen LogP contribution in [0.2, 0.25) is 5.02 Å². The zero-order chi connectivity index (χ0) is 11.4. The van der Waals surface area contributed by atoms with Gasteiger partial charge in [0.1, 0.15) is 6.07 Å². The molecule has 1 aromatic carbocycles. The van der Waals surface area contributed by atoms with Gasteiger partial charge in [0, 0.05) is 11.1 Å². The summed E-state index contributed by atoms with van der Waals surface area (Å²) < 4.78 is 4.92. The van der Waals surface area contributed by atoms with E-state index >= 15 is 0 Å². The largest absolute Gasteiger partial charge is 0.356 e. The first-order valence-corrected chi connectivity index (χ1v) is 4.96. The molecule has 0 fully saturated rings. The fourth-order valence-electron chi connectivity index (χ4n) is 1.28. The highest BCUT2D eigenvalue weighted by molar-refractivity contribution is 6.30. The van der Waals surface area contributed by atoms with Gasteiger partial charge in [-0.3, -0.25) is 0 Å². The minimum Gasteiger partial charge on any atom is -0.356 e. The van der Waals surface area contributed by atoms with Crippen molar-refractivity contribution in [3.8, 4) is 6.07 Å². The molecule has 0 unspecified atom stereocenters. The molecule has 0 saturated heterocycles. The van der Waals surface area contributed by atoms with Crippen molar-refractivity contribution >= 4 is 23.3 Å². The molecule has 0 saturated carbocycles. The van der Waals surface area contributed by atoms with Crippen molar-refractivity contribution < 1.29 is 4.52 Å². The van der Waals surface area contributed by atoms with Crippen LogP contribution in [0.4, 0.5) is 0 Å². The van der Waals surface area contributed by atoms with Gasteiger partial charge < -0.3 is 4.52 Å². The summed E-state index contributed by atoms with van der Waals surface area (Å²) in [5, 5.41) is 13.2. The Labute approximate surface area is 97.6 Å². The molecule has 0 spiro atoms. The molecule has 78 valence electrons. The number of hydrogen-bond acceptors (Lipinski definition) is 3. The van der Waals surface area contributed by atoms with Crippen molar-refractivity contribution in [2.45, 2.75) is 0 Å².